The fraction of sp³-hybridized carbons (Fsp3) is 0.333. The number of aryl methyl sites for hydroxylation is 2. The van der Waals surface area contributed by atoms with Crippen LogP contribution in [0.15, 0.2) is 42.5 Å². The third-order valence-corrected chi connectivity index (χ3v) is 4.32. The summed E-state index contributed by atoms with van der Waals surface area (Å²) < 4.78 is 13.1. The fourth-order valence-corrected chi connectivity index (χ4v) is 3.03. The van der Waals surface area contributed by atoms with Crippen molar-refractivity contribution in [1.82, 2.24) is 10.2 Å². The quantitative estimate of drug-likeness (QED) is 0.864. The number of nitrogens with zero attached hydrogens (tertiary/aromatic N) is 1. The zero-order valence-corrected chi connectivity index (χ0v) is 15.7. The van der Waals surface area contributed by atoms with Gasteiger partial charge in [0.15, 0.2) is 0 Å². The van der Waals surface area contributed by atoms with Crippen molar-refractivity contribution in [2.45, 2.75) is 39.8 Å². The van der Waals surface area contributed by atoms with Gasteiger partial charge in [-0.1, -0.05) is 41.5 Å². The molecule has 0 aromatic heterocycles. The van der Waals surface area contributed by atoms with Crippen LogP contribution in [-0.2, 0) is 22.6 Å². The molecule has 138 valence electrons. The number of halogens is 1. The Morgan fingerprint density at radius 2 is 1.62 bits per heavy atom. The summed E-state index contributed by atoms with van der Waals surface area (Å²) in [6, 6.07) is 11.3. The Labute approximate surface area is 154 Å². The van der Waals surface area contributed by atoms with E-state index in [0.717, 1.165) is 22.3 Å². The molecule has 2 aromatic rings. The highest BCUT2D eigenvalue weighted by atomic mass is 19.1. The molecule has 26 heavy (non-hydrogen) atoms. The first-order valence-electron chi connectivity index (χ1n) is 8.63. The third kappa shape index (κ3) is 5.15. The normalized spacial score (nSPS) is 11.7. The summed E-state index contributed by atoms with van der Waals surface area (Å²) in [7, 11) is 1.54. The van der Waals surface area contributed by atoms with Crippen LogP contribution in [-0.4, -0.2) is 29.8 Å². The van der Waals surface area contributed by atoms with E-state index in [2.05, 4.69) is 11.4 Å². The molecule has 0 heterocycles. The third-order valence-electron chi connectivity index (χ3n) is 4.32. The number of carbonyl (C=O) groups excluding carboxylic acids is 2. The Balaban J connectivity index is 2.24. The molecule has 0 fully saturated rings. The van der Waals surface area contributed by atoms with Crippen molar-refractivity contribution in [3.63, 3.8) is 0 Å². The lowest BCUT2D eigenvalue weighted by atomic mass is 10.0. The zero-order valence-electron chi connectivity index (χ0n) is 15.7. The summed E-state index contributed by atoms with van der Waals surface area (Å²) in [5, 5.41) is 2.58. The number of amides is 2. The molecule has 0 saturated heterocycles. The van der Waals surface area contributed by atoms with Gasteiger partial charge < -0.3 is 10.2 Å². The van der Waals surface area contributed by atoms with Crippen LogP contribution in [0.2, 0.25) is 0 Å². The summed E-state index contributed by atoms with van der Waals surface area (Å²) in [5.74, 6) is -0.711. The smallest absolute Gasteiger partial charge is 0.242 e. The molecule has 2 amide bonds. The summed E-state index contributed by atoms with van der Waals surface area (Å²) in [6.07, 6.45) is 0.213. The van der Waals surface area contributed by atoms with E-state index in [1.807, 2.05) is 26.0 Å². The maximum absolute atomic E-state index is 13.1. The van der Waals surface area contributed by atoms with E-state index in [9.17, 15) is 14.0 Å². The van der Waals surface area contributed by atoms with Crippen LogP contribution in [0.1, 0.15) is 29.2 Å². The predicted molar refractivity (Wildman–Crippen MR) is 100 cm³/mol. The average molecular weight is 356 g/mol. The van der Waals surface area contributed by atoms with Crippen LogP contribution in [0.5, 0.6) is 0 Å². The summed E-state index contributed by atoms with van der Waals surface area (Å²) in [5.41, 5.74) is 3.88. The summed E-state index contributed by atoms with van der Waals surface area (Å²) in [6.45, 7) is 5.93. The number of benzene rings is 2. The minimum absolute atomic E-state index is 0.143. The van der Waals surface area contributed by atoms with E-state index in [1.165, 1.54) is 17.0 Å². The molecule has 5 heteroatoms. The Hall–Kier alpha value is -2.69. The van der Waals surface area contributed by atoms with Crippen LogP contribution in [0.25, 0.3) is 0 Å². The predicted octanol–water partition coefficient (Wildman–Crippen LogP) is 3.15. The molecule has 1 atom stereocenters. The van der Waals surface area contributed by atoms with Gasteiger partial charge in [0, 0.05) is 13.6 Å². The molecule has 0 radical (unpaired) electrons. The van der Waals surface area contributed by atoms with Gasteiger partial charge in [0.05, 0.1) is 6.42 Å². The van der Waals surface area contributed by atoms with Crippen molar-refractivity contribution >= 4 is 11.8 Å². The first-order valence-corrected chi connectivity index (χ1v) is 8.63. The first kappa shape index (κ1) is 19.6. The molecular weight excluding hydrogens is 331 g/mol. The molecule has 0 aliphatic heterocycles. The first-order chi connectivity index (χ1) is 12.3. The van der Waals surface area contributed by atoms with Gasteiger partial charge >= 0.3 is 0 Å². The number of nitrogens with one attached hydrogen (secondary N) is 1. The van der Waals surface area contributed by atoms with E-state index in [-0.39, 0.29) is 30.6 Å². The molecule has 2 rings (SSSR count). The Morgan fingerprint density at radius 3 is 2.15 bits per heavy atom. The van der Waals surface area contributed by atoms with Crippen molar-refractivity contribution in [2.24, 2.45) is 0 Å². The molecule has 0 aliphatic rings. The van der Waals surface area contributed by atoms with E-state index in [4.69, 9.17) is 0 Å². The standard InChI is InChI=1S/C21H25FN2O2/c1-14-9-15(2)11-18(10-14)12-20(25)24(16(3)21(26)23-4)13-17-5-7-19(22)8-6-17/h5-11,16H,12-13H2,1-4H3,(H,23,26)/t16-/m0/s1. The van der Waals surface area contributed by atoms with Crippen LogP contribution in [0.4, 0.5) is 4.39 Å². The maximum Gasteiger partial charge on any atom is 0.242 e. The Morgan fingerprint density at radius 1 is 1.04 bits per heavy atom. The zero-order chi connectivity index (χ0) is 19.3. The monoisotopic (exact) mass is 356 g/mol. The van der Waals surface area contributed by atoms with Crippen molar-refractivity contribution in [1.29, 1.82) is 0 Å². The second-order valence-corrected chi connectivity index (χ2v) is 6.61. The molecular formula is C21H25FN2O2. The lowest BCUT2D eigenvalue weighted by Gasteiger charge is -2.28. The minimum atomic E-state index is -0.622. The fourth-order valence-electron chi connectivity index (χ4n) is 3.03. The molecule has 4 nitrogen and oxygen atoms in total. The topological polar surface area (TPSA) is 49.4 Å². The molecule has 0 spiro atoms. The number of rotatable bonds is 6. The van der Waals surface area contributed by atoms with Crippen molar-refractivity contribution in [2.75, 3.05) is 7.05 Å². The van der Waals surface area contributed by atoms with Gasteiger partial charge in [-0.15, -0.1) is 0 Å². The summed E-state index contributed by atoms with van der Waals surface area (Å²) in [4.78, 5) is 26.6. The Kier molecular flexibility index (Phi) is 6.50. The molecule has 1 N–H and O–H groups in total. The van der Waals surface area contributed by atoms with Gasteiger partial charge in [0.2, 0.25) is 11.8 Å². The molecule has 2 aromatic carbocycles. The Bertz CT molecular complexity index is 767. The minimum Gasteiger partial charge on any atom is -0.357 e. The highest BCUT2D eigenvalue weighted by molar-refractivity contribution is 5.88. The van der Waals surface area contributed by atoms with Crippen molar-refractivity contribution < 1.29 is 14.0 Å². The van der Waals surface area contributed by atoms with E-state index in [0.29, 0.717) is 0 Å². The SMILES string of the molecule is CNC(=O)[C@H](C)N(Cc1ccc(F)cc1)C(=O)Cc1cc(C)cc(C)c1. The lowest BCUT2D eigenvalue weighted by molar-refractivity contribution is -0.139. The second kappa shape index (κ2) is 8.61. The number of hydrogen-bond acceptors (Lipinski definition) is 2. The van der Waals surface area contributed by atoms with Gasteiger partial charge in [-0.2, -0.15) is 0 Å². The average Bonchev–Trinajstić information content (AvgIpc) is 2.58. The van der Waals surface area contributed by atoms with Gasteiger partial charge in [0.25, 0.3) is 0 Å². The second-order valence-electron chi connectivity index (χ2n) is 6.61. The van der Waals surface area contributed by atoms with Crippen molar-refractivity contribution in [3.05, 3.63) is 70.5 Å². The maximum atomic E-state index is 13.1. The number of carbonyl (C=O) groups is 2. The van der Waals surface area contributed by atoms with Gasteiger partial charge in [-0.3, -0.25) is 9.59 Å². The van der Waals surface area contributed by atoms with Gasteiger partial charge in [-0.25, -0.2) is 4.39 Å². The van der Waals surface area contributed by atoms with E-state index in [1.54, 1.807) is 26.1 Å². The number of likely N-dealkylation sites (N-methyl/N-ethyl adjacent to an activating group) is 1. The van der Waals surface area contributed by atoms with Crippen molar-refractivity contribution in [3.8, 4) is 0 Å². The molecule has 0 unspecified atom stereocenters. The highest BCUT2D eigenvalue weighted by Crippen LogP contribution is 2.15. The lowest BCUT2D eigenvalue weighted by Crippen LogP contribution is -2.47. The van der Waals surface area contributed by atoms with Crippen LogP contribution in [0, 0.1) is 19.7 Å². The van der Waals surface area contributed by atoms with Crippen LogP contribution < -0.4 is 5.32 Å². The van der Waals surface area contributed by atoms with Crippen LogP contribution >= 0.6 is 0 Å². The molecule has 0 aliphatic carbocycles. The van der Waals surface area contributed by atoms with Gasteiger partial charge in [0.1, 0.15) is 11.9 Å². The highest BCUT2D eigenvalue weighted by Gasteiger charge is 2.25. The number of hydrogen-bond donors (Lipinski definition) is 1. The van der Waals surface area contributed by atoms with E-state index < -0.39 is 6.04 Å². The summed E-state index contributed by atoms with van der Waals surface area (Å²) >= 11 is 0. The molecule has 0 saturated carbocycles. The molecule has 0 bridgehead atoms. The van der Waals surface area contributed by atoms with E-state index >= 15 is 0 Å². The van der Waals surface area contributed by atoms with Crippen LogP contribution in [0.3, 0.4) is 0 Å². The van der Waals surface area contributed by atoms with Gasteiger partial charge in [-0.05, 0) is 44.0 Å². The largest absolute Gasteiger partial charge is 0.357 e.